The van der Waals surface area contributed by atoms with Crippen molar-refractivity contribution in [2.24, 2.45) is 7.05 Å². The average molecular weight is 332 g/mol. The first kappa shape index (κ1) is 16.5. The van der Waals surface area contributed by atoms with E-state index in [2.05, 4.69) is 20.6 Å². The monoisotopic (exact) mass is 332 g/mol. The van der Waals surface area contributed by atoms with Crippen molar-refractivity contribution in [3.63, 3.8) is 0 Å². The molecule has 130 valence electrons. The molecule has 2 aromatic rings. The zero-order valence-electron chi connectivity index (χ0n) is 14.6. The molecule has 0 bridgehead atoms. The summed E-state index contributed by atoms with van der Waals surface area (Å²) in [4.78, 5) is 18.9. The van der Waals surface area contributed by atoms with Gasteiger partial charge in [0.25, 0.3) is 0 Å². The first-order chi connectivity index (χ1) is 11.5. The molecule has 1 aliphatic rings. The van der Waals surface area contributed by atoms with E-state index in [9.17, 15) is 4.79 Å². The number of likely N-dealkylation sites (tertiary alicyclic amines) is 1. The standard InChI is InChI=1S/C16H24N6O2/c1-5-11-9-13(21(4)19-11)17-16(23)22-8-6-7-12(22)14-18-15(10(2)3)24-20-14/h9-10,12H,5-8H2,1-4H3,(H,17,23). The van der Waals surface area contributed by atoms with Crippen molar-refractivity contribution in [2.75, 3.05) is 11.9 Å². The number of aromatic nitrogens is 4. The predicted molar refractivity (Wildman–Crippen MR) is 88.7 cm³/mol. The molecule has 1 N–H and O–H groups in total. The van der Waals surface area contributed by atoms with Gasteiger partial charge in [0.2, 0.25) is 5.89 Å². The second-order valence-electron chi connectivity index (χ2n) is 6.43. The summed E-state index contributed by atoms with van der Waals surface area (Å²) in [5.74, 6) is 2.07. The molecule has 2 aromatic heterocycles. The molecular weight excluding hydrogens is 308 g/mol. The Labute approximate surface area is 141 Å². The van der Waals surface area contributed by atoms with Gasteiger partial charge in [0.1, 0.15) is 5.82 Å². The number of amides is 2. The molecule has 1 fully saturated rings. The number of hydrogen-bond acceptors (Lipinski definition) is 5. The average Bonchev–Trinajstić information content (AvgIpc) is 3.25. The zero-order valence-corrected chi connectivity index (χ0v) is 14.6. The van der Waals surface area contributed by atoms with Crippen LogP contribution < -0.4 is 5.32 Å². The number of rotatable bonds is 4. The Morgan fingerprint density at radius 1 is 1.50 bits per heavy atom. The van der Waals surface area contributed by atoms with Crippen LogP contribution in [0.25, 0.3) is 0 Å². The minimum atomic E-state index is -0.154. The van der Waals surface area contributed by atoms with E-state index >= 15 is 0 Å². The van der Waals surface area contributed by atoms with E-state index in [1.807, 2.05) is 33.9 Å². The number of nitrogens with zero attached hydrogens (tertiary/aromatic N) is 5. The summed E-state index contributed by atoms with van der Waals surface area (Å²) in [6, 6.07) is 1.60. The van der Waals surface area contributed by atoms with Gasteiger partial charge in [-0.15, -0.1) is 0 Å². The molecule has 1 saturated heterocycles. The number of urea groups is 1. The van der Waals surface area contributed by atoms with E-state index < -0.39 is 0 Å². The van der Waals surface area contributed by atoms with Crippen LogP contribution >= 0.6 is 0 Å². The van der Waals surface area contributed by atoms with Gasteiger partial charge in [-0.2, -0.15) is 10.1 Å². The van der Waals surface area contributed by atoms with Crippen LogP contribution in [0.15, 0.2) is 10.6 Å². The van der Waals surface area contributed by atoms with Gasteiger partial charge >= 0.3 is 6.03 Å². The molecule has 0 spiro atoms. The fraction of sp³-hybridized carbons (Fsp3) is 0.625. The molecule has 3 rings (SSSR count). The quantitative estimate of drug-likeness (QED) is 0.930. The normalized spacial score (nSPS) is 17.7. The van der Waals surface area contributed by atoms with Gasteiger partial charge in [0.15, 0.2) is 5.82 Å². The van der Waals surface area contributed by atoms with E-state index in [1.165, 1.54) is 0 Å². The van der Waals surface area contributed by atoms with Gasteiger partial charge in [-0.3, -0.25) is 10.00 Å². The molecule has 0 radical (unpaired) electrons. The number of aryl methyl sites for hydroxylation is 2. The highest BCUT2D eigenvalue weighted by Crippen LogP contribution is 2.31. The van der Waals surface area contributed by atoms with Crippen molar-refractivity contribution in [3.8, 4) is 0 Å². The Bertz CT molecular complexity index is 720. The molecule has 8 heteroatoms. The summed E-state index contributed by atoms with van der Waals surface area (Å²) < 4.78 is 6.98. The van der Waals surface area contributed by atoms with E-state index in [4.69, 9.17) is 4.52 Å². The van der Waals surface area contributed by atoms with Crippen LogP contribution in [0, 0.1) is 0 Å². The first-order valence-electron chi connectivity index (χ1n) is 8.43. The van der Waals surface area contributed by atoms with Gasteiger partial charge in [-0.25, -0.2) is 4.79 Å². The lowest BCUT2D eigenvalue weighted by Crippen LogP contribution is -2.35. The van der Waals surface area contributed by atoms with E-state index in [-0.39, 0.29) is 18.0 Å². The summed E-state index contributed by atoms with van der Waals surface area (Å²) in [5.41, 5.74) is 0.950. The molecule has 0 saturated carbocycles. The predicted octanol–water partition coefficient (Wildman–Crippen LogP) is 2.86. The third-order valence-corrected chi connectivity index (χ3v) is 4.29. The minimum absolute atomic E-state index is 0.139. The first-order valence-corrected chi connectivity index (χ1v) is 8.43. The van der Waals surface area contributed by atoms with E-state index in [1.54, 1.807) is 9.58 Å². The van der Waals surface area contributed by atoms with Crippen molar-refractivity contribution in [1.82, 2.24) is 24.8 Å². The smallest absolute Gasteiger partial charge is 0.323 e. The molecule has 24 heavy (non-hydrogen) atoms. The largest absolute Gasteiger partial charge is 0.339 e. The molecule has 2 amide bonds. The maximum atomic E-state index is 12.7. The van der Waals surface area contributed by atoms with Crippen LogP contribution in [0.3, 0.4) is 0 Å². The van der Waals surface area contributed by atoms with Crippen molar-refractivity contribution in [1.29, 1.82) is 0 Å². The summed E-state index contributed by atoms with van der Waals surface area (Å²) >= 11 is 0. The van der Waals surface area contributed by atoms with Crippen LogP contribution in [-0.2, 0) is 13.5 Å². The number of carbonyl (C=O) groups is 1. The van der Waals surface area contributed by atoms with Crippen LogP contribution in [0.4, 0.5) is 10.6 Å². The SMILES string of the molecule is CCc1cc(NC(=O)N2CCCC2c2noc(C(C)C)n2)n(C)n1. The van der Waals surface area contributed by atoms with Crippen molar-refractivity contribution >= 4 is 11.8 Å². The Morgan fingerprint density at radius 3 is 2.92 bits per heavy atom. The van der Waals surface area contributed by atoms with E-state index in [0.717, 1.165) is 25.0 Å². The summed E-state index contributed by atoms with van der Waals surface area (Å²) in [5, 5.41) is 11.4. The highest BCUT2D eigenvalue weighted by molar-refractivity contribution is 5.89. The third kappa shape index (κ3) is 3.13. The lowest BCUT2D eigenvalue weighted by molar-refractivity contribution is 0.203. The van der Waals surface area contributed by atoms with Crippen molar-refractivity contribution < 1.29 is 9.32 Å². The zero-order chi connectivity index (χ0) is 17.3. The molecule has 0 aromatic carbocycles. The van der Waals surface area contributed by atoms with Crippen LogP contribution in [0.2, 0.25) is 0 Å². The molecule has 1 atom stereocenters. The van der Waals surface area contributed by atoms with Gasteiger partial charge < -0.3 is 9.42 Å². The number of anilines is 1. The topological polar surface area (TPSA) is 89.1 Å². The maximum Gasteiger partial charge on any atom is 0.323 e. The Morgan fingerprint density at radius 2 is 2.29 bits per heavy atom. The lowest BCUT2D eigenvalue weighted by Gasteiger charge is -2.22. The Balaban J connectivity index is 1.74. The van der Waals surface area contributed by atoms with Crippen LogP contribution in [0.5, 0.6) is 0 Å². The maximum absolute atomic E-state index is 12.7. The number of carbonyl (C=O) groups excluding carboxylic acids is 1. The van der Waals surface area contributed by atoms with Crippen LogP contribution in [0.1, 0.15) is 63.0 Å². The van der Waals surface area contributed by atoms with Gasteiger partial charge in [0.05, 0.1) is 11.7 Å². The third-order valence-electron chi connectivity index (χ3n) is 4.29. The summed E-state index contributed by atoms with van der Waals surface area (Å²) in [6.07, 6.45) is 2.60. The molecule has 0 aliphatic carbocycles. The Kier molecular flexibility index (Phi) is 4.55. The highest BCUT2D eigenvalue weighted by atomic mass is 16.5. The number of hydrogen-bond donors (Lipinski definition) is 1. The summed E-state index contributed by atoms with van der Waals surface area (Å²) in [6.45, 7) is 6.72. The van der Waals surface area contributed by atoms with Crippen molar-refractivity contribution in [2.45, 2.75) is 52.0 Å². The molecule has 1 unspecified atom stereocenters. The fourth-order valence-corrected chi connectivity index (χ4v) is 2.89. The summed E-state index contributed by atoms with van der Waals surface area (Å²) in [7, 11) is 1.82. The van der Waals surface area contributed by atoms with Gasteiger partial charge in [0, 0.05) is 25.6 Å². The van der Waals surface area contributed by atoms with Crippen molar-refractivity contribution in [3.05, 3.63) is 23.5 Å². The molecule has 8 nitrogen and oxygen atoms in total. The van der Waals surface area contributed by atoms with Gasteiger partial charge in [-0.1, -0.05) is 25.9 Å². The fourth-order valence-electron chi connectivity index (χ4n) is 2.89. The lowest BCUT2D eigenvalue weighted by atomic mass is 10.2. The minimum Gasteiger partial charge on any atom is -0.339 e. The second kappa shape index (κ2) is 6.62. The second-order valence-corrected chi connectivity index (χ2v) is 6.43. The molecule has 3 heterocycles. The molecular formula is C16H24N6O2. The Hall–Kier alpha value is -2.38. The molecule has 1 aliphatic heterocycles. The highest BCUT2D eigenvalue weighted by Gasteiger charge is 2.34. The van der Waals surface area contributed by atoms with Crippen LogP contribution in [-0.4, -0.2) is 37.4 Å². The van der Waals surface area contributed by atoms with E-state index in [0.29, 0.717) is 24.1 Å². The number of nitrogens with one attached hydrogen (secondary N) is 1. The van der Waals surface area contributed by atoms with Gasteiger partial charge in [-0.05, 0) is 19.3 Å².